The first-order valence-electron chi connectivity index (χ1n) is 5.91. The van der Waals surface area contributed by atoms with Crippen LogP contribution >= 0.6 is 0 Å². The van der Waals surface area contributed by atoms with E-state index in [1.54, 1.807) is 12.4 Å². The smallest absolute Gasteiger partial charge is 0.319 e. The van der Waals surface area contributed by atoms with Gasteiger partial charge in [0.25, 0.3) is 0 Å². The van der Waals surface area contributed by atoms with E-state index >= 15 is 0 Å². The third-order valence-electron chi connectivity index (χ3n) is 2.59. The number of carbonyl (C=O) groups excluding carboxylic acids is 1. The molecule has 1 atom stereocenters. The van der Waals surface area contributed by atoms with Crippen molar-refractivity contribution in [3.8, 4) is 0 Å². The zero-order chi connectivity index (χ0) is 12.8. The Morgan fingerprint density at radius 3 is 2.78 bits per heavy atom. The van der Waals surface area contributed by atoms with E-state index in [9.17, 15) is 4.79 Å². The minimum atomic E-state index is -0.232. The number of nitrogens with one attached hydrogen (secondary N) is 3. The summed E-state index contributed by atoms with van der Waals surface area (Å²) in [5.74, 6) is 0.765. The van der Waals surface area contributed by atoms with Gasteiger partial charge in [-0.2, -0.15) is 0 Å². The fourth-order valence-electron chi connectivity index (χ4n) is 1.68. The summed E-state index contributed by atoms with van der Waals surface area (Å²) < 4.78 is 0. The lowest BCUT2D eigenvalue weighted by Gasteiger charge is -2.15. The Morgan fingerprint density at radius 1 is 1.39 bits per heavy atom. The lowest BCUT2D eigenvalue weighted by Crippen LogP contribution is -2.32. The van der Waals surface area contributed by atoms with Crippen molar-refractivity contribution < 1.29 is 4.79 Å². The largest absolute Gasteiger partial charge is 0.347 e. The summed E-state index contributed by atoms with van der Waals surface area (Å²) in [4.78, 5) is 19.0. The molecule has 0 saturated heterocycles. The van der Waals surface area contributed by atoms with E-state index in [1.165, 1.54) is 0 Å². The van der Waals surface area contributed by atoms with Gasteiger partial charge < -0.3 is 15.6 Å². The fraction of sp³-hybridized carbons (Fsp3) is 0.231. The van der Waals surface area contributed by atoms with E-state index in [1.807, 2.05) is 37.3 Å². The van der Waals surface area contributed by atoms with Gasteiger partial charge in [-0.25, -0.2) is 9.78 Å². The molecule has 1 aromatic heterocycles. The second-order valence-corrected chi connectivity index (χ2v) is 3.90. The van der Waals surface area contributed by atoms with E-state index < -0.39 is 0 Å². The topological polar surface area (TPSA) is 69.8 Å². The predicted molar refractivity (Wildman–Crippen MR) is 70.2 cm³/mol. The van der Waals surface area contributed by atoms with Gasteiger partial charge in [-0.3, -0.25) is 0 Å². The Morgan fingerprint density at radius 2 is 2.17 bits per heavy atom. The van der Waals surface area contributed by atoms with Crippen LogP contribution in [0.1, 0.15) is 25.2 Å². The summed E-state index contributed by atoms with van der Waals surface area (Å²) in [5, 5.41) is 5.65. The molecule has 3 N–H and O–H groups in total. The Hall–Kier alpha value is -2.30. The van der Waals surface area contributed by atoms with Crippen LogP contribution in [0, 0.1) is 0 Å². The summed E-state index contributed by atoms with van der Waals surface area (Å²) in [5.41, 5.74) is 0.768. The quantitative estimate of drug-likeness (QED) is 0.773. The lowest BCUT2D eigenvalue weighted by molar-refractivity contribution is 0.247. The number of anilines is 1. The molecule has 2 amide bonds. The molecule has 1 aromatic carbocycles. The van der Waals surface area contributed by atoms with Crippen LogP contribution < -0.4 is 10.6 Å². The minimum Gasteiger partial charge on any atom is -0.347 e. The molecule has 0 spiro atoms. The van der Waals surface area contributed by atoms with Crippen LogP contribution in [0.25, 0.3) is 0 Å². The molecule has 0 aliphatic heterocycles. The average Bonchev–Trinajstić information content (AvgIpc) is 2.91. The third kappa shape index (κ3) is 3.10. The van der Waals surface area contributed by atoms with Gasteiger partial charge in [-0.05, 0) is 18.6 Å². The molecule has 0 fully saturated rings. The number of aromatic nitrogens is 2. The first-order chi connectivity index (χ1) is 8.79. The van der Waals surface area contributed by atoms with Crippen molar-refractivity contribution in [2.24, 2.45) is 0 Å². The highest BCUT2D eigenvalue weighted by molar-refractivity contribution is 5.89. The Labute approximate surface area is 106 Å². The van der Waals surface area contributed by atoms with Crippen molar-refractivity contribution in [3.05, 3.63) is 48.5 Å². The van der Waals surface area contributed by atoms with E-state index in [-0.39, 0.29) is 12.1 Å². The van der Waals surface area contributed by atoms with Crippen LogP contribution in [-0.2, 0) is 0 Å². The zero-order valence-electron chi connectivity index (χ0n) is 10.2. The maximum Gasteiger partial charge on any atom is 0.319 e. The average molecular weight is 244 g/mol. The number of imidazole rings is 1. The number of benzene rings is 1. The van der Waals surface area contributed by atoms with Crippen LogP contribution in [-0.4, -0.2) is 16.0 Å². The molecule has 2 aromatic rings. The fourth-order valence-corrected chi connectivity index (χ4v) is 1.68. The maximum atomic E-state index is 11.8. The van der Waals surface area contributed by atoms with E-state index in [2.05, 4.69) is 20.6 Å². The lowest BCUT2D eigenvalue weighted by atomic mass is 10.2. The molecule has 0 aliphatic rings. The Kier molecular flexibility index (Phi) is 3.96. The number of rotatable bonds is 4. The number of para-hydroxylation sites is 1. The summed E-state index contributed by atoms with van der Waals surface area (Å²) in [6, 6.07) is 8.99. The highest BCUT2D eigenvalue weighted by atomic mass is 16.2. The molecular weight excluding hydrogens is 228 g/mol. The first kappa shape index (κ1) is 12.2. The van der Waals surface area contributed by atoms with Gasteiger partial charge in [-0.15, -0.1) is 0 Å². The van der Waals surface area contributed by atoms with Gasteiger partial charge in [0.15, 0.2) is 0 Å². The molecule has 5 nitrogen and oxygen atoms in total. The number of aromatic amines is 1. The second kappa shape index (κ2) is 5.86. The van der Waals surface area contributed by atoms with Crippen molar-refractivity contribution in [1.29, 1.82) is 0 Å². The van der Waals surface area contributed by atoms with Gasteiger partial charge in [0, 0.05) is 18.1 Å². The van der Waals surface area contributed by atoms with Crippen LogP contribution in [0.4, 0.5) is 10.5 Å². The first-order valence-corrected chi connectivity index (χ1v) is 5.91. The number of carbonyl (C=O) groups is 1. The van der Waals surface area contributed by atoms with E-state index in [0.29, 0.717) is 0 Å². The van der Waals surface area contributed by atoms with Gasteiger partial charge in [-0.1, -0.05) is 25.1 Å². The summed E-state index contributed by atoms with van der Waals surface area (Å²) in [7, 11) is 0. The molecule has 5 heteroatoms. The van der Waals surface area contributed by atoms with Crippen LogP contribution in [0.5, 0.6) is 0 Å². The SMILES string of the molecule is CCC(NC(=O)Nc1ccccc1)c1ncc[nH]1. The number of amides is 2. The Bertz CT molecular complexity index is 481. The van der Waals surface area contributed by atoms with E-state index in [0.717, 1.165) is 17.9 Å². The van der Waals surface area contributed by atoms with Crippen LogP contribution in [0.2, 0.25) is 0 Å². The van der Waals surface area contributed by atoms with Crippen molar-refractivity contribution in [2.45, 2.75) is 19.4 Å². The molecule has 2 rings (SSSR count). The molecule has 18 heavy (non-hydrogen) atoms. The highest BCUT2D eigenvalue weighted by Gasteiger charge is 2.14. The molecular formula is C13H16N4O. The molecule has 94 valence electrons. The molecule has 0 bridgehead atoms. The molecule has 0 radical (unpaired) electrons. The number of urea groups is 1. The van der Waals surface area contributed by atoms with Crippen molar-refractivity contribution >= 4 is 11.7 Å². The molecule has 0 aliphatic carbocycles. The summed E-state index contributed by atoms with van der Waals surface area (Å²) in [6.07, 6.45) is 4.19. The molecule has 1 unspecified atom stereocenters. The normalized spacial score (nSPS) is 11.8. The van der Waals surface area contributed by atoms with Gasteiger partial charge in [0.05, 0.1) is 6.04 Å². The minimum absolute atomic E-state index is 0.108. The summed E-state index contributed by atoms with van der Waals surface area (Å²) >= 11 is 0. The van der Waals surface area contributed by atoms with Gasteiger partial charge >= 0.3 is 6.03 Å². The van der Waals surface area contributed by atoms with E-state index in [4.69, 9.17) is 0 Å². The standard InChI is InChI=1S/C13H16N4O/c1-2-11(12-14-8-9-15-12)17-13(18)16-10-6-4-3-5-7-10/h3-9,11H,2H2,1H3,(H,14,15)(H2,16,17,18). The maximum absolute atomic E-state index is 11.8. The third-order valence-corrected chi connectivity index (χ3v) is 2.59. The van der Waals surface area contributed by atoms with Gasteiger partial charge in [0.1, 0.15) is 5.82 Å². The molecule has 0 saturated carbocycles. The summed E-state index contributed by atoms with van der Waals surface area (Å²) in [6.45, 7) is 2.00. The van der Waals surface area contributed by atoms with Crippen molar-refractivity contribution in [2.75, 3.05) is 5.32 Å². The molecule has 1 heterocycles. The highest BCUT2D eigenvalue weighted by Crippen LogP contribution is 2.12. The predicted octanol–water partition coefficient (Wildman–Crippen LogP) is 2.68. The Balaban J connectivity index is 1.94. The van der Waals surface area contributed by atoms with Crippen molar-refractivity contribution in [3.63, 3.8) is 0 Å². The number of hydrogen-bond donors (Lipinski definition) is 3. The number of hydrogen-bond acceptors (Lipinski definition) is 2. The van der Waals surface area contributed by atoms with Crippen LogP contribution in [0.15, 0.2) is 42.7 Å². The second-order valence-electron chi connectivity index (χ2n) is 3.90. The zero-order valence-corrected chi connectivity index (χ0v) is 10.2. The van der Waals surface area contributed by atoms with Crippen LogP contribution in [0.3, 0.4) is 0 Å². The van der Waals surface area contributed by atoms with Crippen molar-refractivity contribution in [1.82, 2.24) is 15.3 Å². The number of H-pyrrole nitrogens is 1. The van der Waals surface area contributed by atoms with Gasteiger partial charge in [0.2, 0.25) is 0 Å². The number of nitrogens with zero attached hydrogens (tertiary/aromatic N) is 1. The monoisotopic (exact) mass is 244 g/mol.